The Hall–Kier alpha value is -2.66. The van der Waals surface area contributed by atoms with E-state index in [-0.39, 0.29) is 12.5 Å². The Kier molecular flexibility index (Phi) is 5.46. The van der Waals surface area contributed by atoms with Crippen molar-refractivity contribution in [1.29, 1.82) is 0 Å². The van der Waals surface area contributed by atoms with E-state index in [1.807, 2.05) is 56.3 Å². The number of anilines is 1. The Bertz CT molecular complexity index is 859. The lowest BCUT2D eigenvalue weighted by Crippen LogP contribution is -2.20. The molecule has 1 N–H and O–H groups in total. The molecule has 0 saturated carbocycles. The van der Waals surface area contributed by atoms with E-state index in [1.165, 1.54) is 16.9 Å². The molecule has 0 spiro atoms. The van der Waals surface area contributed by atoms with Gasteiger partial charge >= 0.3 is 0 Å². The lowest BCUT2D eigenvalue weighted by Gasteiger charge is -2.07. The van der Waals surface area contributed by atoms with Crippen molar-refractivity contribution >= 4 is 22.4 Å². The van der Waals surface area contributed by atoms with Crippen LogP contribution < -0.4 is 10.1 Å². The number of para-hydroxylation sites is 1. The molecule has 0 bridgehead atoms. The summed E-state index contributed by atoms with van der Waals surface area (Å²) >= 11 is 1.51. The molecule has 0 fully saturated rings. The van der Waals surface area contributed by atoms with Crippen LogP contribution in [-0.2, 0) is 11.2 Å². The van der Waals surface area contributed by atoms with Crippen molar-refractivity contribution in [2.75, 3.05) is 11.9 Å². The number of ether oxygens (including phenoxy) is 1. The van der Waals surface area contributed by atoms with Crippen LogP contribution in [0.15, 0.2) is 54.6 Å². The first kappa shape index (κ1) is 17.2. The number of carbonyl (C=O) groups excluding carboxylic acids is 1. The van der Waals surface area contributed by atoms with Crippen LogP contribution in [0, 0.1) is 13.8 Å². The fraction of sp³-hybridized carbons (Fsp3) is 0.200. The molecule has 1 amide bonds. The third-order valence-electron chi connectivity index (χ3n) is 3.80. The Morgan fingerprint density at radius 3 is 2.56 bits per heavy atom. The summed E-state index contributed by atoms with van der Waals surface area (Å²) in [5.41, 5.74) is 3.18. The molecule has 0 aliphatic carbocycles. The van der Waals surface area contributed by atoms with E-state index < -0.39 is 0 Å². The molecule has 4 nitrogen and oxygen atoms in total. The number of carbonyl (C=O) groups is 1. The molecule has 2 aromatic carbocycles. The molecule has 3 rings (SSSR count). The highest BCUT2D eigenvalue weighted by atomic mass is 32.1. The second kappa shape index (κ2) is 7.94. The minimum Gasteiger partial charge on any atom is -0.483 e. The van der Waals surface area contributed by atoms with Crippen molar-refractivity contribution in [3.05, 3.63) is 76.3 Å². The topological polar surface area (TPSA) is 51.2 Å². The third-order valence-corrected chi connectivity index (χ3v) is 4.87. The number of amides is 1. The zero-order valence-corrected chi connectivity index (χ0v) is 15.1. The maximum absolute atomic E-state index is 12.1. The molecule has 0 aliphatic rings. The van der Waals surface area contributed by atoms with Gasteiger partial charge in [-0.25, -0.2) is 4.98 Å². The monoisotopic (exact) mass is 352 g/mol. The van der Waals surface area contributed by atoms with Crippen molar-refractivity contribution in [2.45, 2.75) is 20.3 Å². The number of thiazole rings is 1. The predicted octanol–water partition coefficient (Wildman–Crippen LogP) is 4.37. The zero-order chi connectivity index (χ0) is 17.6. The van der Waals surface area contributed by atoms with E-state index in [0.717, 1.165) is 28.3 Å². The SMILES string of the molecule is Cc1ccccc1OCC(=O)Nc1nc(C)c(Cc2ccccc2)s1. The van der Waals surface area contributed by atoms with Crippen molar-refractivity contribution in [3.63, 3.8) is 0 Å². The molecule has 0 atom stereocenters. The summed E-state index contributed by atoms with van der Waals surface area (Å²) in [4.78, 5) is 17.7. The van der Waals surface area contributed by atoms with Crippen molar-refractivity contribution in [2.24, 2.45) is 0 Å². The minimum atomic E-state index is -0.205. The standard InChI is InChI=1S/C20H20N2O2S/c1-14-8-6-7-11-17(14)24-13-19(23)22-20-21-15(2)18(25-20)12-16-9-4-3-5-10-16/h3-11H,12-13H2,1-2H3,(H,21,22,23). The third kappa shape index (κ3) is 4.67. The normalized spacial score (nSPS) is 10.5. The number of nitrogens with zero attached hydrogens (tertiary/aromatic N) is 1. The van der Waals surface area contributed by atoms with E-state index in [4.69, 9.17) is 4.74 Å². The Morgan fingerprint density at radius 1 is 1.08 bits per heavy atom. The fourth-order valence-electron chi connectivity index (χ4n) is 2.44. The smallest absolute Gasteiger partial charge is 0.264 e. The Balaban J connectivity index is 1.58. The number of aryl methyl sites for hydroxylation is 2. The fourth-order valence-corrected chi connectivity index (χ4v) is 3.46. The number of rotatable bonds is 6. The summed E-state index contributed by atoms with van der Waals surface area (Å²) in [6.07, 6.45) is 0.819. The van der Waals surface area contributed by atoms with E-state index in [1.54, 1.807) is 0 Å². The van der Waals surface area contributed by atoms with Gasteiger partial charge in [-0.15, -0.1) is 11.3 Å². The van der Waals surface area contributed by atoms with Gasteiger partial charge in [0.25, 0.3) is 5.91 Å². The zero-order valence-electron chi connectivity index (χ0n) is 14.3. The van der Waals surface area contributed by atoms with E-state index in [9.17, 15) is 4.79 Å². The van der Waals surface area contributed by atoms with Crippen LogP contribution in [0.25, 0.3) is 0 Å². The second-order valence-corrected chi connectivity index (χ2v) is 6.88. The molecule has 1 heterocycles. The molecule has 5 heteroatoms. The van der Waals surface area contributed by atoms with Gasteiger partial charge in [0.05, 0.1) is 5.69 Å². The van der Waals surface area contributed by atoms with Gasteiger partial charge in [0.15, 0.2) is 11.7 Å². The van der Waals surface area contributed by atoms with E-state index in [2.05, 4.69) is 22.4 Å². The highest BCUT2D eigenvalue weighted by Gasteiger charge is 2.12. The summed E-state index contributed by atoms with van der Waals surface area (Å²) in [5.74, 6) is 0.515. The molecule has 0 unspecified atom stereocenters. The molecule has 0 saturated heterocycles. The maximum atomic E-state index is 12.1. The summed E-state index contributed by atoms with van der Waals surface area (Å²) < 4.78 is 5.57. The van der Waals surface area contributed by atoms with Crippen LogP contribution in [0.4, 0.5) is 5.13 Å². The number of aromatic nitrogens is 1. The van der Waals surface area contributed by atoms with Crippen LogP contribution in [0.2, 0.25) is 0 Å². The largest absolute Gasteiger partial charge is 0.483 e. The molecule has 128 valence electrons. The Labute approximate surface area is 151 Å². The van der Waals surface area contributed by atoms with Crippen LogP contribution in [-0.4, -0.2) is 17.5 Å². The molecule has 25 heavy (non-hydrogen) atoms. The van der Waals surface area contributed by atoms with Gasteiger partial charge in [0, 0.05) is 11.3 Å². The second-order valence-electron chi connectivity index (χ2n) is 5.79. The van der Waals surface area contributed by atoms with Crippen molar-refractivity contribution < 1.29 is 9.53 Å². The lowest BCUT2D eigenvalue weighted by atomic mass is 10.1. The van der Waals surface area contributed by atoms with Gasteiger partial charge in [0.1, 0.15) is 5.75 Å². The Morgan fingerprint density at radius 2 is 1.80 bits per heavy atom. The van der Waals surface area contributed by atoms with Gasteiger partial charge in [0.2, 0.25) is 0 Å². The van der Waals surface area contributed by atoms with Crippen molar-refractivity contribution in [3.8, 4) is 5.75 Å². The molecule has 1 aromatic heterocycles. The summed E-state index contributed by atoms with van der Waals surface area (Å²) in [5, 5.41) is 3.43. The predicted molar refractivity (Wildman–Crippen MR) is 101 cm³/mol. The number of nitrogens with one attached hydrogen (secondary N) is 1. The number of benzene rings is 2. The summed E-state index contributed by atoms with van der Waals surface area (Å²) in [7, 11) is 0. The average Bonchev–Trinajstić information content (AvgIpc) is 2.94. The van der Waals surface area contributed by atoms with Crippen LogP contribution >= 0.6 is 11.3 Å². The highest BCUT2D eigenvalue weighted by molar-refractivity contribution is 7.15. The lowest BCUT2D eigenvalue weighted by molar-refractivity contribution is -0.118. The molecular weight excluding hydrogens is 332 g/mol. The number of hydrogen-bond acceptors (Lipinski definition) is 4. The van der Waals surface area contributed by atoms with Crippen LogP contribution in [0.1, 0.15) is 21.7 Å². The first-order valence-electron chi connectivity index (χ1n) is 8.10. The summed E-state index contributed by atoms with van der Waals surface area (Å²) in [6.45, 7) is 3.89. The quantitative estimate of drug-likeness (QED) is 0.717. The summed E-state index contributed by atoms with van der Waals surface area (Å²) in [6, 6.07) is 17.9. The van der Waals surface area contributed by atoms with Gasteiger partial charge in [-0.05, 0) is 31.0 Å². The van der Waals surface area contributed by atoms with Gasteiger partial charge in [-0.2, -0.15) is 0 Å². The maximum Gasteiger partial charge on any atom is 0.264 e. The molecule has 3 aromatic rings. The van der Waals surface area contributed by atoms with E-state index in [0.29, 0.717) is 5.13 Å². The van der Waals surface area contributed by atoms with Gasteiger partial charge < -0.3 is 4.74 Å². The van der Waals surface area contributed by atoms with Crippen molar-refractivity contribution in [1.82, 2.24) is 4.98 Å². The minimum absolute atomic E-state index is 0.0303. The van der Waals surface area contributed by atoms with Crippen LogP contribution in [0.5, 0.6) is 5.75 Å². The van der Waals surface area contributed by atoms with Crippen LogP contribution in [0.3, 0.4) is 0 Å². The number of hydrogen-bond donors (Lipinski definition) is 1. The molecular formula is C20H20N2O2S. The molecule has 0 radical (unpaired) electrons. The van der Waals surface area contributed by atoms with E-state index >= 15 is 0 Å². The first-order chi connectivity index (χ1) is 12.1. The molecule has 0 aliphatic heterocycles. The highest BCUT2D eigenvalue weighted by Crippen LogP contribution is 2.25. The van der Waals surface area contributed by atoms with Gasteiger partial charge in [-0.3, -0.25) is 10.1 Å². The average molecular weight is 352 g/mol. The van der Waals surface area contributed by atoms with Gasteiger partial charge in [-0.1, -0.05) is 48.5 Å². The first-order valence-corrected chi connectivity index (χ1v) is 8.92.